The molecule has 8 nitrogen and oxygen atoms in total. The van der Waals surface area contributed by atoms with E-state index in [0.717, 1.165) is 27.8 Å². The maximum absolute atomic E-state index is 12.3. The van der Waals surface area contributed by atoms with E-state index < -0.39 is 0 Å². The Morgan fingerprint density at radius 2 is 0.952 bits per heavy atom. The fraction of sp³-hybridized carbons (Fsp3) is 0.118. The standard InChI is InChI=1S/C34H30N4O4/c1-23-3-15-30(16-4-23)41-21-32(39)37-28-11-7-25(8-12-28)27-19-35-34(36-20-27)26-9-13-29(14-10-26)38-33(40)22-42-31-17-5-24(2)6-18-31/h3-20H,21-22H2,1-2H3,(H,37,39)(H,38,40). The van der Waals surface area contributed by atoms with Gasteiger partial charge >= 0.3 is 0 Å². The van der Waals surface area contributed by atoms with E-state index in [-0.39, 0.29) is 25.0 Å². The van der Waals surface area contributed by atoms with Gasteiger partial charge in [0, 0.05) is 34.9 Å². The number of hydrogen-bond donors (Lipinski definition) is 2. The van der Waals surface area contributed by atoms with Crippen molar-refractivity contribution in [1.29, 1.82) is 0 Å². The maximum atomic E-state index is 12.3. The third-order valence-corrected chi connectivity index (χ3v) is 6.36. The second kappa shape index (κ2) is 13.2. The van der Waals surface area contributed by atoms with Crippen LogP contribution in [0.5, 0.6) is 11.5 Å². The average Bonchev–Trinajstić information content (AvgIpc) is 3.01. The van der Waals surface area contributed by atoms with Gasteiger partial charge in [-0.15, -0.1) is 0 Å². The summed E-state index contributed by atoms with van der Waals surface area (Å²) in [7, 11) is 0. The molecule has 2 N–H and O–H groups in total. The minimum atomic E-state index is -0.245. The van der Waals surface area contributed by atoms with E-state index in [1.54, 1.807) is 24.5 Å². The normalized spacial score (nSPS) is 10.5. The van der Waals surface area contributed by atoms with Gasteiger partial charge in [-0.2, -0.15) is 0 Å². The summed E-state index contributed by atoms with van der Waals surface area (Å²) >= 11 is 0. The number of nitrogens with zero attached hydrogens (tertiary/aromatic N) is 2. The Morgan fingerprint density at radius 1 is 0.548 bits per heavy atom. The average molecular weight is 559 g/mol. The van der Waals surface area contributed by atoms with Gasteiger partial charge in [-0.3, -0.25) is 9.59 Å². The Bertz CT molecular complexity index is 1510. The third-order valence-electron chi connectivity index (χ3n) is 6.36. The summed E-state index contributed by atoms with van der Waals surface area (Å²) in [5, 5.41) is 5.66. The molecule has 2 amide bonds. The molecule has 0 atom stereocenters. The van der Waals surface area contributed by atoms with Crippen LogP contribution in [0.25, 0.3) is 22.5 Å². The molecule has 0 unspecified atom stereocenters. The number of aryl methyl sites for hydroxylation is 2. The Labute approximate surface area is 244 Å². The predicted octanol–water partition coefficient (Wildman–Crippen LogP) is 6.46. The van der Waals surface area contributed by atoms with E-state index in [4.69, 9.17) is 9.47 Å². The van der Waals surface area contributed by atoms with Crippen LogP contribution in [-0.4, -0.2) is 35.0 Å². The first-order valence-corrected chi connectivity index (χ1v) is 13.4. The molecular formula is C34H30N4O4. The van der Waals surface area contributed by atoms with Gasteiger partial charge in [0.2, 0.25) is 0 Å². The molecular weight excluding hydrogens is 528 g/mol. The Morgan fingerprint density at radius 3 is 1.38 bits per heavy atom. The molecule has 0 fully saturated rings. The summed E-state index contributed by atoms with van der Waals surface area (Å²) < 4.78 is 11.1. The molecule has 42 heavy (non-hydrogen) atoms. The summed E-state index contributed by atoms with van der Waals surface area (Å²) in [5.74, 6) is 1.38. The zero-order valence-corrected chi connectivity index (χ0v) is 23.3. The number of carbonyl (C=O) groups is 2. The fourth-order valence-corrected chi connectivity index (χ4v) is 4.04. The molecule has 0 saturated heterocycles. The van der Waals surface area contributed by atoms with Crippen molar-refractivity contribution >= 4 is 23.2 Å². The van der Waals surface area contributed by atoms with E-state index in [9.17, 15) is 9.59 Å². The van der Waals surface area contributed by atoms with Crippen LogP contribution in [0.1, 0.15) is 11.1 Å². The van der Waals surface area contributed by atoms with Crippen LogP contribution < -0.4 is 20.1 Å². The van der Waals surface area contributed by atoms with E-state index >= 15 is 0 Å². The van der Waals surface area contributed by atoms with Gasteiger partial charge in [0.05, 0.1) is 0 Å². The van der Waals surface area contributed by atoms with Crippen molar-refractivity contribution in [2.75, 3.05) is 23.8 Å². The van der Waals surface area contributed by atoms with Crippen molar-refractivity contribution in [3.63, 3.8) is 0 Å². The number of hydrogen-bond acceptors (Lipinski definition) is 6. The van der Waals surface area contributed by atoms with Crippen molar-refractivity contribution < 1.29 is 19.1 Å². The van der Waals surface area contributed by atoms with Crippen molar-refractivity contribution in [2.24, 2.45) is 0 Å². The van der Waals surface area contributed by atoms with Gasteiger partial charge in [0.15, 0.2) is 19.0 Å². The minimum Gasteiger partial charge on any atom is -0.484 e. The van der Waals surface area contributed by atoms with Gasteiger partial charge in [-0.25, -0.2) is 9.97 Å². The SMILES string of the molecule is Cc1ccc(OCC(=O)Nc2ccc(-c3cnc(-c4ccc(NC(=O)COc5ccc(C)cc5)cc4)nc3)cc2)cc1. The number of benzene rings is 4. The summed E-state index contributed by atoms with van der Waals surface area (Å²) in [6.07, 6.45) is 3.51. The Balaban J connectivity index is 1.11. The van der Waals surface area contributed by atoms with Crippen molar-refractivity contribution in [3.05, 3.63) is 121 Å². The molecule has 5 aromatic rings. The van der Waals surface area contributed by atoms with E-state index in [0.29, 0.717) is 28.7 Å². The monoisotopic (exact) mass is 558 g/mol. The van der Waals surface area contributed by atoms with Gasteiger partial charge in [0.25, 0.3) is 11.8 Å². The highest BCUT2D eigenvalue weighted by atomic mass is 16.5. The van der Waals surface area contributed by atoms with Crippen LogP contribution in [0, 0.1) is 13.8 Å². The molecule has 0 radical (unpaired) electrons. The Hall–Kier alpha value is -5.50. The van der Waals surface area contributed by atoms with Crippen LogP contribution in [0.2, 0.25) is 0 Å². The van der Waals surface area contributed by atoms with Crippen LogP contribution in [-0.2, 0) is 9.59 Å². The smallest absolute Gasteiger partial charge is 0.262 e. The second-order valence-electron chi connectivity index (χ2n) is 9.75. The molecule has 1 heterocycles. The second-order valence-corrected chi connectivity index (χ2v) is 9.75. The van der Waals surface area contributed by atoms with E-state index in [1.165, 1.54) is 0 Å². The van der Waals surface area contributed by atoms with Crippen LogP contribution in [0.3, 0.4) is 0 Å². The molecule has 0 aliphatic rings. The summed E-state index contributed by atoms with van der Waals surface area (Å²) in [5.41, 5.74) is 6.16. The first-order chi connectivity index (χ1) is 20.4. The number of amides is 2. The van der Waals surface area contributed by atoms with Crippen molar-refractivity contribution in [1.82, 2.24) is 9.97 Å². The summed E-state index contributed by atoms with van der Waals surface area (Å²) in [4.78, 5) is 33.5. The van der Waals surface area contributed by atoms with Crippen molar-refractivity contribution in [2.45, 2.75) is 13.8 Å². The number of rotatable bonds is 10. The van der Waals surface area contributed by atoms with Gasteiger partial charge in [-0.05, 0) is 80.1 Å². The molecule has 0 bridgehead atoms. The molecule has 210 valence electrons. The first kappa shape index (κ1) is 28.0. The van der Waals surface area contributed by atoms with Gasteiger partial charge in [0.1, 0.15) is 11.5 Å². The van der Waals surface area contributed by atoms with Crippen LogP contribution in [0.4, 0.5) is 11.4 Å². The largest absolute Gasteiger partial charge is 0.484 e. The lowest BCUT2D eigenvalue weighted by atomic mass is 10.1. The topological polar surface area (TPSA) is 102 Å². The van der Waals surface area contributed by atoms with E-state index in [2.05, 4.69) is 20.6 Å². The number of anilines is 2. The molecule has 0 spiro atoms. The quantitative estimate of drug-likeness (QED) is 0.204. The highest BCUT2D eigenvalue weighted by molar-refractivity contribution is 5.92. The number of nitrogens with one attached hydrogen (secondary N) is 2. The lowest BCUT2D eigenvalue weighted by molar-refractivity contribution is -0.118. The van der Waals surface area contributed by atoms with Crippen LogP contribution >= 0.6 is 0 Å². The van der Waals surface area contributed by atoms with Crippen molar-refractivity contribution in [3.8, 4) is 34.0 Å². The summed E-state index contributed by atoms with van der Waals surface area (Å²) in [6.45, 7) is 3.84. The lowest BCUT2D eigenvalue weighted by Crippen LogP contribution is -2.20. The summed E-state index contributed by atoms with van der Waals surface area (Å²) in [6, 6.07) is 29.8. The maximum Gasteiger partial charge on any atom is 0.262 e. The molecule has 0 saturated carbocycles. The van der Waals surface area contributed by atoms with Crippen LogP contribution in [0.15, 0.2) is 109 Å². The van der Waals surface area contributed by atoms with Gasteiger partial charge in [-0.1, -0.05) is 47.5 Å². The molecule has 1 aromatic heterocycles. The zero-order chi connectivity index (χ0) is 29.3. The fourth-order valence-electron chi connectivity index (χ4n) is 4.04. The van der Waals surface area contributed by atoms with E-state index in [1.807, 2.05) is 98.8 Å². The number of carbonyl (C=O) groups excluding carboxylic acids is 2. The zero-order valence-electron chi connectivity index (χ0n) is 23.3. The number of aromatic nitrogens is 2. The van der Waals surface area contributed by atoms with Gasteiger partial charge < -0.3 is 20.1 Å². The third kappa shape index (κ3) is 7.79. The molecule has 0 aliphatic heterocycles. The molecule has 8 heteroatoms. The highest BCUT2D eigenvalue weighted by Crippen LogP contribution is 2.23. The highest BCUT2D eigenvalue weighted by Gasteiger charge is 2.08. The first-order valence-electron chi connectivity index (χ1n) is 13.4. The lowest BCUT2D eigenvalue weighted by Gasteiger charge is -2.09. The Kier molecular flexibility index (Phi) is 8.84. The minimum absolute atomic E-state index is 0.0735. The molecule has 5 rings (SSSR count). The predicted molar refractivity (Wildman–Crippen MR) is 164 cm³/mol. The molecule has 0 aliphatic carbocycles. The number of ether oxygens (including phenoxy) is 2. The molecule has 4 aromatic carbocycles.